The van der Waals surface area contributed by atoms with Crippen LogP contribution in [0.1, 0.15) is 46.6 Å². The number of benzene rings is 2. The van der Waals surface area contributed by atoms with Crippen molar-refractivity contribution in [3.63, 3.8) is 0 Å². The Morgan fingerprint density at radius 1 is 1.24 bits per heavy atom. The summed E-state index contributed by atoms with van der Waals surface area (Å²) in [6, 6.07) is 10.2. The number of ether oxygens (including phenoxy) is 1. The molecule has 0 saturated carbocycles. The lowest BCUT2D eigenvalue weighted by Crippen LogP contribution is -2.30. The number of carbonyl (C=O) groups excluding carboxylic acids is 1. The maximum atomic E-state index is 14.6. The summed E-state index contributed by atoms with van der Waals surface area (Å²) in [7, 11) is 1.58. The van der Waals surface area contributed by atoms with E-state index < -0.39 is 11.2 Å². The van der Waals surface area contributed by atoms with Gasteiger partial charge < -0.3 is 9.72 Å². The minimum atomic E-state index is -0.625. The van der Waals surface area contributed by atoms with E-state index >= 15 is 0 Å². The lowest BCUT2D eigenvalue weighted by atomic mass is 9.71. The summed E-state index contributed by atoms with van der Waals surface area (Å²) < 4.78 is 19.9. The van der Waals surface area contributed by atoms with Crippen molar-refractivity contribution in [1.29, 1.82) is 5.26 Å². The minimum absolute atomic E-state index is 0.0458. The van der Waals surface area contributed by atoms with E-state index in [1.165, 1.54) is 6.07 Å². The van der Waals surface area contributed by atoms with Crippen LogP contribution in [-0.2, 0) is 5.41 Å². The van der Waals surface area contributed by atoms with E-state index in [4.69, 9.17) is 10.00 Å². The highest BCUT2D eigenvalue weighted by Crippen LogP contribution is 2.45. The molecule has 3 aromatic rings. The predicted octanol–water partition coefficient (Wildman–Crippen LogP) is 4.06. The smallest absolute Gasteiger partial charge is 0.195 e. The first-order chi connectivity index (χ1) is 11.9. The molecule has 124 valence electrons. The molecule has 1 aliphatic rings. The van der Waals surface area contributed by atoms with E-state index in [0.29, 0.717) is 28.0 Å². The average molecular weight is 334 g/mol. The topological polar surface area (TPSA) is 65.9 Å². The highest BCUT2D eigenvalue weighted by atomic mass is 19.1. The predicted molar refractivity (Wildman–Crippen MR) is 91.5 cm³/mol. The van der Waals surface area contributed by atoms with E-state index in [1.54, 1.807) is 25.3 Å². The van der Waals surface area contributed by atoms with Crippen LogP contribution in [0.3, 0.4) is 0 Å². The van der Waals surface area contributed by atoms with Gasteiger partial charge in [-0.25, -0.2) is 4.39 Å². The lowest BCUT2D eigenvalue weighted by molar-refractivity contribution is 0.103. The number of aromatic nitrogens is 1. The molecule has 0 spiro atoms. The summed E-state index contributed by atoms with van der Waals surface area (Å²) in [5.74, 6) is -0.112. The zero-order chi connectivity index (χ0) is 17.9. The Kier molecular flexibility index (Phi) is 3.04. The Morgan fingerprint density at radius 2 is 2.00 bits per heavy atom. The SMILES string of the molecule is COc1ccc2c(c1)C(C)(C)c1[nH]c3c(F)c(C#N)ccc3c1C2=O. The van der Waals surface area contributed by atoms with Gasteiger partial charge in [-0.3, -0.25) is 4.79 Å². The molecule has 4 rings (SSSR count). The molecule has 0 amide bonds. The molecule has 1 N–H and O–H groups in total. The number of aromatic amines is 1. The number of hydrogen-bond donors (Lipinski definition) is 1. The van der Waals surface area contributed by atoms with E-state index in [0.717, 1.165) is 5.56 Å². The van der Waals surface area contributed by atoms with Gasteiger partial charge in [0.2, 0.25) is 0 Å². The molecule has 2 aromatic carbocycles. The fourth-order valence-electron chi connectivity index (χ4n) is 3.65. The van der Waals surface area contributed by atoms with Crippen LogP contribution < -0.4 is 4.74 Å². The summed E-state index contributed by atoms with van der Waals surface area (Å²) in [5, 5.41) is 9.56. The third-order valence-electron chi connectivity index (χ3n) is 5.03. The molecule has 0 unspecified atom stereocenters. The molecule has 1 aliphatic carbocycles. The van der Waals surface area contributed by atoms with Crippen molar-refractivity contribution < 1.29 is 13.9 Å². The molecule has 0 bridgehead atoms. The van der Waals surface area contributed by atoms with Crippen molar-refractivity contribution in [2.75, 3.05) is 7.11 Å². The lowest BCUT2D eigenvalue weighted by Gasteiger charge is -2.32. The fourth-order valence-corrected chi connectivity index (χ4v) is 3.65. The van der Waals surface area contributed by atoms with Crippen molar-refractivity contribution in [3.05, 3.63) is 64.1 Å². The highest BCUT2D eigenvalue weighted by molar-refractivity contribution is 6.20. The second-order valence-corrected chi connectivity index (χ2v) is 6.70. The van der Waals surface area contributed by atoms with Crippen LogP contribution in [0.15, 0.2) is 30.3 Å². The Balaban J connectivity index is 2.09. The van der Waals surface area contributed by atoms with Gasteiger partial charge in [-0.2, -0.15) is 5.26 Å². The molecule has 25 heavy (non-hydrogen) atoms. The minimum Gasteiger partial charge on any atom is -0.497 e. The van der Waals surface area contributed by atoms with Crippen LogP contribution in [0.2, 0.25) is 0 Å². The molecule has 0 radical (unpaired) electrons. The highest BCUT2D eigenvalue weighted by Gasteiger charge is 2.40. The molecular formula is C20H15FN2O2. The summed E-state index contributed by atoms with van der Waals surface area (Å²) >= 11 is 0. The number of rotatable bonds is 1. The third kappa shape index (κ3) is 1.88. The Bertz CT molecular complexity index is 1100. The van der Waals surface area contributed by atoms with Crippen LogP contribution >= 0.6 is 0 Å². The second kappa shape index (κ2) is 4.93. The normalized spacial score (nSPS) is 14.8. The second-order valence-electron chi connectivity index (χ2n) is 6.70. The zero-order valence-electron chi connectivity index (χ0n) is 14.0. The van der Waals surface area contributed by atoms with Gasteiger partial charge in [-0.05, 0) is 29.8 Å². The molecule has 1 aromatic heterocycles. The average Bonchev–Trinajstić information content (AvgIpc) is 3.01. The Morgan fingerprint density at radius 3 is 2.68 bits per heavy atom. The van der Waals surface area contributed by atoms with Crippen molar-refractivity contribution in [2.24, 2.45) is 0 Å². The van der Waals surface area contributed by atoms with Crippen LogP contribution in [0, 0.1) is 17.1 Å². The Labute approximate surface area is 143 Å². The molecule has 5 heteroatoms. The first kappa shape index (κ1) is 15.4. The van der Waals surface area contributed by atoms with Gasteiger partial charge in [-0.1, -0.05) is 19.9 Å². The molecule has 4 nitrogen and oxygen atoms in total. The number of fused-ring (bicyclic) bond motifs is 4. The third-order valence-corrected chi connectivity index (χ3v) is 5.03. The van der Waals surface area contributed by atoms with Crippen molar-refractivity contribution >= 4 is 16.7 Å². The molecule has 0 atom stereocenters. The van der Waals surface area contributed by atoms with E-state index in [9.17, 15) is 9.18 Å². The summed E-state index contributed by atoms with van der Waals surface area (Å²) in [5.41, 5.74) is 2.16. The number of halogens is 1. The molecule has 1 heterocycles. The van der Waals surface area contributed by atoms with Crippen LogP contribution in [0.4, 0.5) is 4.39 Å². The summed E-state index contributed by atoms with van der Waals surface area (Å²) in [4.78, 5) is 16.2. The largest absolute Gasteiger partial charge is 0.497 e. The van der Waals surface area contributed by atoms with Gasteiger partial charge in [0, 0.05) is 22.1 Å². The Hall–Kier alpha value is -3.13. The maximum absolute atomic E-state index is 14.6. The maximum Gasteiger partial charge on any atom is 0.195 e. The van der Waals surface area contributed by atoms with E-state index in [2.05, 4.69) is 4.98 Å². The van der Waals surface area contributed by atoms with Crippen LogP contribution in [-0.4, -0.2) is 17.9 Å². The quantitative estimate of drug-likeness (QED) is 0.730. The number of nitrogens with one attached hydrogen (secondary N) is 1. The number of H-pyrrole nitrogens is 1. The van der Waals surface area contributed by atoms with E-state index in [-0.39, 0.29) is 16.9 Å². The number of ketones is 1. The summed E-state index contributed by atoms with van der Waals surface area (Å²) in [6.45, 7) is 3.96. The standard InChI is InChI=1S/C20H15FN2O2/c1-20(2)14-8-11(25-3)5-7-12(14)18(24)15-13-6-4-10(9-22)16(21)17(13)23-19(15)20/h4-8,23H,1-3H3. The van der Waals surface area contributed by atoms with Crippen molar-refractivity contribution in [1.82, 2.24) is 4.98 Å². The van der Waals surface area contributed by atoms with E-state index in [1.807, 2.05) is 26.0 Å². The first-order valence-corrected chi connectivity index (χ1v) is 7.88. The number of nitrogens with zero attached hydrogens (tertiary/aromatic N) is 1. The van der Waals surface area contributed by atoms with Gasteiger partial charge in [0.1, 0.15) is 11.8 Å². The molecule has 0 aliphatic heterocycles. The molecule has 0 saturated heterocycles. The van der Waals surface area contributed by atoms with Crippen LogP contribution in [0.5, 0.6) is 5.75 Å². The number of nitriles is 1. The monoisotopic (exact) mass is 334 g/mol. The number of hydrogen-bond acceptors (Lipinski definition) is 3. The van der Waals surface area contributed by atoms with Gasteiger partial charge in [0.15, 0.2) is 11.6 Å². The van der Waals surface area contributed by atoms with Crippen molar-refractivity contribution in [2.45, 2.75) is 19.3 Å². The van der Waals surface area contributed by atoms with Gasteiger partial charge in [0.25, 0.3) is 0 Å². The van der Waals surface area contributed by atoms with Crippen molar-refractivity contribution in [3.8, 4) is 11.8 Å². The zero-order valence-corrected chi connectivity index (χ0v) is 14.0. The van der Waals surface area contributed by atoms with Crippen LogP contribution in [0.25, 0.3) is 10.9 Å². The first-order valence-electron chi connectivity index (χ1n) is 7.88. The fraction of sp³-hybridized carbons (Fsp3) is 0.200. The molecule has 0 fully saturated rings. The molecular weight excluding hydrogens is 319 g/mol. The number of methoxy groups -OCH3 is 1. The van der Waals surface area contributed by atoms with Gasteiger partial charge >= 0.3 is 0 Å². The summed E-state index contributed by atoms with van der Waals surface area (Å²) in [6.07, 6.45) is 0. The van der Waals surface area contributed by atoms with Gasteiger partial charge in [-0.15, -0.1) is 0 Å². The van der Waals surface area contributed by atoms with Gasteiger partial charge in [0.05, 0.1) is 23.8 Å². The number of carbonyl (C=O) groups is 1.